The Hall–Kier alpha value is -0.860. The number of hydrogen-bond acceptors (Lipinski definition) is 7. The molecule has 2 heterocycles. The molecular formula is C12H21N3O3S2. The summed E-state index contributed by atoms with van der Waals surface area (Å²) in [5.74, 6) is 0.677. The number of nitrogens with two attached hydrogens (primary N) is 1. The molecule has 0 saturated carbocycles. The first-order valence-electron chi connectivity index (χ1n) is 6.71. The summed E-state index contributed by atoms with van der Waals surface area (Å²) in [6.07, 6.45) is 1.57. The van der Waals surface area contributed by atoms with Gasteiger partial charge in [0.05, 0.1) is 12.4 Å². The summed E-state index contributed by atoms with van der Waals surface area (Å²) in [6, 6.07) is 0. The van der Waals surface area contributed by atoms with E-state index in [2.05, 4.69) is 9.27 Å². The van der Waals surface area contributed by atoms with Gasteiger partial charge in [-0.05, 0) is 24.4 Å². The van der Waals surface area contributed by atoms with Gasteiger partial charge in [-0.1, -0.05) is 6.92 Å². The van der Waals surface area contributed by atoms with Gasteiger partial charge in [-0.25, -0.2) is 8.42 Å². The minimum absolute atomic E-state index is 0.109. The molecule has 1 fully saturated rings. The molecule has 1 aliphatic rings. The average Bonchev–Trinajstić information content (AvgIpc) is 2.96. The maximum absolute atomic E-state index is 12.3. The molecule has 0 aromatic carbocycles. The Kier molecular flexibility index (Phi) is 4.87. The van der Waals surface area contributed by atoms with Crippen molar-refractivity contribution in [3.8, 4) is 0 Å². The smallest absolute Gasteiger partial charge is 0.185 e. The number of aromatic nitrogens is 1. The molecule has 2 rings (SSSR count). The first-order chi connectivity index (χ1) is 9.49. The minimum atomic E-state index is -3.35. The highest BCUT2D eigenvalue weighted by Gasteiger charge is 2.31. The Morgan fingerprint density at radius 2 is 2.30 bits per heavy atom. The second kappa shape index (κ2) is 6.28. The van der Waals surface area contributed by atoms with E-state index in [4.69, 9.17) is 10.5 Å². The second-order valence-corrected chi connectivity index (χ2v) is 7.87. The number of methoxy groups -OCH3 is 1. The first kappa shape index (κ1) is 15.5. The lowest BCUT2D eigenvalue weighted by atomic mass is 10.1. The van der Waals surface area contributed by atoms with Crippen LogP contribution in [0.15, 0.2) is 4.90 Å². The predicted octanol–water partition coefficient (Wildman–Crippen LogP) is 1.38. The van der Waals surface area contributed by atoms with E-state index in [1.807, 2.05) is 6.92 Å². The lowest BCUT2D eigenvalue weighted by Gasteiger charge is -2.18. The molecule has 0 spiro atoms. The minimum Gasteiger partial charge on any atom is -0.384 e. The van der Waals surface area contributed by atoms with E-state index in [1.54, 1.807) is 7.11 Å². The molecule has 0 bridgehead atoms. The van der Waals surface area contributed by atoms with E-state index in [1.165, 1.54) is 11.5 Å². The van der Waals surface area contributed by atoms with Gasteiger partial charge in [-0.15, -0.1) is 0 Å². The number of sulfone groups is 1. The fraction of sp³-hybridized carbons (Fsp3) is 0.750. The largest absolute Gasteiger partial charge is 0.384 e. The third-order valence-electron chi connectivity index (χ3n) is 3.42. The summed E-state index contributed by atoms with van der Waals surface area (Å²) in [7, 11) is -1.66. The fourth-order valence-corrected chi connectivity index (χ4v) is 5.33. The van der Waals surface area contributed by atoms with Crippen molar-refractivity contribution in [3.05, 3.63) is 0 Å². The SMILES string of the molecule is CCCS(=O)(=O)c1c(N)nsc1N1CCC(COC)C1. The normalized spacial score (nSPS) is 19.7. The van der Waals surface area contributed by atoms with Gasteiger partial charge < -0.3 is 15.4 Å². The Morgan fingerprint density at radius 1 is 1.55 bits per heavy atom. The van der Waals surface area contributed by atoms with Crippen LogP contribution in [-0.2, 0) is 14.6 Å². The topological polar surface area (TPSA) is 85.5 Å². The van der Waals surface area contributed by atoms with Gasteiger partial charge in [0.1, 0.15) is 9.90 Å². The number of nitrogen functional groups attached to an aromatic ring is 1. The second-order valence-electron chi connectivity index (χ2n) is 5.08. The van der Waals surface area contributed by atoms with Crippen molar-refractivity contribution in [2.24, 2.45) is 5.92 Å². The monoisotopic (exact) mass is 319 g/mol. The third-order valence-corrected chi connectivity index (χ3v) is 6.44. The Morgan fingerprint density at radius 3 is 2.95 bits per heavy atom. The van der Waals surface area contributed by atoms with E-state index < -0.39 is 9.84 Å². The molecule has 1 aromatic rings. The van der Waals surface area contributed by atoms with Gasteiger partial charge in [-0.3, -0.25) is 0 Å². The van der Waals surface area contributed by atoms with E-state index in [9.17, 15) is 8.42 Å². The van der Waals surface area contributed by atoms with Crippen molar-refractivity contribution in [2.45, 2.75) is 24.7 Å². The van der Waals surface area contributed by atoms with Gasteiger partial charge >= 0.3 is 0 Å². The van der Waals surface area contributed by atoms with Crippen molar-refractivity contribution in [1.82, 2.24) is 4.37 Å². The maximum Gasteiger partial charge on any atom is 0.185 e. The molecule has 0 amide bonds. The molecule has 1 atom stereocenters. The zero-order valence-corrected chi connectivity index (χ0v) is 13.5. The number of ether oxygens (including phenoxy) is 1. The van der Waals surface area contributed by atoms with Crippen LogP contribution in [0, 0.1) is 5.92 Å². The molecule has 1 aromatic heterocycles. The fourth-order valence-electron chi connectivity index (χ4n) is 2.54. The van der Waals surface area contributed by atoms with Crippen molar-refractivity contribution in [3.63, 3.8) is 0 Å². The Labute approximate surface area is 124 Å². The van der Waals surface area contributed by atoms with Crippen LogP contribution < -0.4 is 10.6 Å². The predicted molar refractivity (Wildman–Crippen MR) is 81.1 cm³/mol. The average molecular weight is 319 g/mol. The van der Waals surface area contributed by atoms with Gasteiger partial charge in [0.15, 0.2) is 15.7 Å². The summed E-state index contributed by atoms with van der Waals surface area (Å²) in [5, 5.41) is 0.689. The van der Waals surface area contributed by atoms with Crippen LogP contribution in [0.1, 0.15) is 19.8 Å². The van der Waals surface area contributed by atoms with Crippen LogP contribution in [-0.4, -0.2) is 45.4 Å². The summed E-state index contributed by atoms with van der Waals surface area (Å²) < 4.78 is 33.9. The maximum atomic E-state index is 12.3. The Balaban J connectivity index is 2.26. The van der Waals surface area contributed by atoms with Crippen LogP contribution in [0.4, 0.5) is 10.8 Å². The number of anilines is 2. The highest BCUT2D eigenvalue weighted by molar-refractivity contribution is 7.91. The van der Waals surface area contributed by atoms with Gasteiger partial charge in [0.25, 0.3) is 0 Å². The van der Waals surface area contributed by atoms with E-state index in [0.29, 0.717) is 23.9 Å². The van der Waals surface area contributed by atoms with Gasteiger partial charge in [-0.2, -0.15) is 4.37 Å². The molecular weight excluding hydrogens is 298 g/mol. The number of rotatable bonds is 6. The van der Waals surface area contributed by atoms with Crippen LogP contribution in [0.2, 0.25) is 0 Å². The molecule has 0 aliphatic carbocycles. The first-order valence-corrected chi connectivity index (χ1v) is 9.14. The van der Waals surface area contributed by atoms with E-state index >= 15 is 0 Å². The summed E-state index contributed by atoms with van der Waals surface area (Å²) in [6.45, 7) is 4.16. The number of nitrogens with zero attached hydrogens (tertiary/aromatic N) is 2. The van der Waals surface area contributed by atoms with E-state index in [0.717, 1.165) is 19.5 Å². The molecule has 0 radical (unpaired) electrons. The number of hydrogen-bond donors (Lipinski definition) is 1. The molecule has 1 aliphatic heterocycles. The lowest BCUT2D eigenvalue weighted by Crippen LogP contribution is -2.22. The summed E-state index contributed by atoms with van der Waals surface area (Å²) in [4.78, 5) is 2.29. The summed E-state index contributed by atoms with van der Waals surface area (Å²) in [5.41, 5.74) is 5.79. The van der Waals surface area contributed by atoms with Crippen molar-refractivity contribution in [2.75, 3.05) is 43.2 Å². The zero-order valence-electron chi connectivity index (χ0n) is 11.8. The molecule has 8 heteroatoms. The van der Waals surface area contributed by atoms with Crippen LogP contribution in [0.25, 0.3) is 0 Å². The molecule has 2 N–H and O–H groups in total. The van der Waals surface area contributed by atoms with Crippen LogP contribution >= 0.6 is 11.5 Å². The van der Waals surface area contributed by atoms with Gasteiger partial charge in [0.2, 0.25) is 0 Å². The van der Waals surface area contributed by atoms with Crippen molar-refractivity contribution < 1.29 is 13.2 Å². The van der Waals surface area contributed by atoms with Crippen molar-refractivity contribution >= 4 is 32.2 Å². The molecule has 20 heavy (non-hydrogen) atoms. The quantitative estimate of drug-likeness (QED) is 0.852. The van der Waals surface area contributed by atoms with Gasteiger partial charge in [0, 0.05) is 26.1 Å². The highest BCUT2D eigenvalue weighted by atomic mass is 32.2. The molecule has 1 saturated heterocycles. The molecule has 114 valence electrons. The Bertz CT molecular complexity index is 556. The van der Waals surface area contributed by atoms with E-state index in [-0.39, 0.29) is 16.5 Å². The van der Waals surface area contributed by atoms with Crippen molar-refractivity contribution in [1.29, 1.82) is 0 Å². The third kappa shape index (κ3) is 3.07. The van der Waals surface area contributed by atoms with Crippen LogP contribution in [0.5, 0.6) is 0 Å². The lowest BCUT2D eigenvalue weighted by molar-refractivity contribution is 0.161. The highest BCUT2D eigenvalue weighted by Crippen LogP contribution is 2.38. The summed E-state index contributed by atoms with van der Waals surface area (Å²) >= 11 is 1.18. The van der Waals surface area contributed by atoms with Crippen LogP contribution in [0.3, 0.4) is 0 Å². The molecule has 1 unspecified atom stereocenters. The zero-order chi connectivity index (χ0) is 14.8. The standard InChI is InChI=1S/C12H21N3O3S2/c1-3-6-20(16,17)10-11(13)14-19-12(10)15-5-4-9(7-15)8-18-2/h9H,3-8H2,1-2H3,(H2,13,14). The molecule has 6 nitrogen and oxygen atoms in total.